The maximum atomic E-state index is 11.7. The zero-order chi connectivity index (χ0) is 17.5. The highest BCUT2D eigenvalue weighted by Gasteiger charge is 2.02. The Balaban J connectivity index is 1.50. The summed E-state index contributed by atoms with van der Waals surface area (Å²) in [5, 5.41) is 8.92. The average molecular weight is 334 g/mol. The number of carbonyl (C=O) groups is 1. The Hall–Kier alpha value is -3.41. The van der Waals surface area contributed by atoms with Crippen LogP contribution in [0, 0.1) is 0 Å². The van der Waals surface area contributed by atoms with Gasteiger partial charge in [0.1, 0.15) is 0 Å². The smallest absolute Gasteiger partial charge is 0.280 e. The highest BCUT2D eigenvalue weighted by atomic mass is 16.6. The number of aromatic nitrogens is 1. The topological polar surface area (TPSA) is 78.8 Å². The van der Waals surface area contributed by atoms with Crippen molar-refractivity contribution in [1.82, 2.24) is 10.4 Å². The minimum atomic E-state index is -0.374. The van der Waals surface area contributed by atoms with Gasteiger partial charge in [0, 0.05) is 22.7 Å². The van der Waals surface area contributed by atoms with Gasteiger partial charge in [-0.1, -0.05) is 53.7 Å². The highest BCUT2D eigenvalue weighted by Crippen LogP contribution is 2.15. The van der Waals surface area contributed by atoms with Crippen molar-refractivity contribution >= 4 is 28.7 Å². The molecule has 6 heteroatoms. The van der Waals surface area contributed by atoms with Crippen LogP contribution < -0.4 is 5.43 Å². The fourth-order valence-electron chi connectivity index (χ4n) is 2.33. The van der Waals surface area contributed by atoms with Gasteiger partial charge in [0.15, 0.2) is 6.61 Å². The predicted molar refractivity (Wildman–Crippen MR) is 98.6 cm³/mol. The number of amides is 1. The summed E-state index contributed by atoms with van der Waals surface area (Å²) < 4.78 is 0. The molecule has 126 valence electrons. The third-order valence-corrected chi connectivity index (χ3v) is 3.60. The van der Waals surface area contributed by atoms with Gasteiger partial charge in [-0.2, -0.15) is 5.10 Å². The van der Waals surface area contributed by atoms with Gasteiger partial charge >= 0.3 is 0 Å². The standard InChI is InChI=1S/C19H18N4O2/c1-14(15-7-3-2-4-8-15)23-25-13-19(24)22-21-12-16-11-20-18-10-6-5-9-17(16)18/h2-12,20H,13H2,1H3,(H,22,24). The van der Waals surface area contributed by atoms with Gasteiger partial charge in [0.2, 0.25) is 0 Å². The van der Waals surface area contributed by atoms with E-state index in [4.69, 9.17) is 4.84 Å². The monoisotopic (exact) mass is 334 g/mol. The number of para-hydroxylation sites is 1. The van der Waals surface area contributed by atoms with Gasteiger partial charge in [-0.05, 0) is 18.6 Å². The molecule has 0 aliphatic rings. The van der Waals surface area contributed by atoms with E-state index in [0.717, 1.165) is 22.0 Å². The molecule has 3 rings (SSSR count). The van der Waals surface area contributed by atoms with Crippen molar-refractivity contribution in [3.63, 3.8) is 0 Å². The third kappa shape index (κ3) is 4.32. The number of carbonyl (C=O) groups excluding carboxylic acids is 1. The number of aromatic amines is 1. The molecule has 0 fully saturated rings. The molecule has 2 aromatic carbocycles. The maximum Gasteiger partial charge on any atom is 0.280 e. The van der Waals surface area contributed by atoms with E-state index in [1.807, 2.05) is 67.7 Å². The number of nitrogens with one attached hydrogen (secondary N) is 2. The molecule has 0 radical (unpaired) electrons. The molecule has 0 saturated heterocycles. The number of hydrogen-bond acceptors (Lipinski definition) is 4. The summed E-state index contributed by atoms with van der Waals surface area (Å²) in [4.78, 5) is 19.9. The molecule has 3 aromatic rings. The minimum absolute atomic E-state index is 0.199. The zero-order valence-corrected chi connectivity index (χ0v) is 13.8. The van der Waals surface area contributed by atoms with E-state index in [-0.39, 0.29) is 12.5 Å². The molecule has 0 bridgehead atoms. The van der Waals surface area contributed by atoms with Crippen LogP contribution in [0.3, 0.4) is 0 Å². The minimum Gasteiger partial charge on any atom is -0.385 e. The van der Waals surface area contributed by atoms with Crippen LogP contribution in [0.15, 0.2) is 71.1 Å². The van der Waals surface area contributed by atoms with Crippen molar-refractivity contribution in [2.45, 2.75) is 6.92 Å². The average Bonchev–Trinajstić information content (AvgIpc) is 3.06. The van der Waals surface area contributed by atoms with E-state index in [1.165, 1.54) is 0 Å². The van der Waals surface area contributed by atoms with Gasteiger partial charge in [0.25, 0.3) is 5.91 Å². The van der Waals surface area contributed by atoms with E-state index < -0.39 is 0 Å². The van der Waals surface area contributed by atoms with E-state index in [1.54, 1.807) is 6.21 Å². The molecule has 0 atom stereocenters. The highest BCUT2D eigenvalue weighted by molar-refractivity contribution is 5.99. The molecule has 2 N–H and O–H groups in total. The van der Waals surface area contributed by atoms with Crippen LogP contribution in [0.5, 0.6) is 0 Å². The second kappa shape index (κ2) is 7.92. The van der Waals surface area contributed by atoms with Crippen LogP contribution in [0.2, 0.25) is 0 Å². The first-order chi connectivity index (χ1) is 12.2. The first-order valence-electron chi connectivity index (χ1n) is 7.84. The zero-order valence-electron chi connectivity index (χ0n) is 13.8. The quantitative estimate of drug-likeness (QED) is 0.537. The largest absolute Gasteiger partial charge is 0.385 e. The molecule has 6 nitrogen and oxygen atoms in total. The summed E-state index contributed by atoms with van der Waals surface area (Å²) in [5.41, 5.74) is 5.99. The number of nitrogens with zero attached hydrogens (tertiary/aromatic N) is 2. The second-order valence-corrected chi connectivity index (χ2v) is 5.40. The summed E-state index contributed by atoms with van der Waals surface area (Å²) in [6.45, 7) is 1.62. The van der Waals surface area contributed by atoms with E-state index in [2.05, 4.69) is 20.7 Å². The van der Waals surface area contributed by atoms with Crippen LogP contribution in [0.25, 0.3) is 10.9 Å². The fourth-order valence-corrected chi connectivity index (χ4v) is 2.33. The van der Waals surface area contributed by atoms with Gasteiger partial charge in [0.05, 0.1) is 11.9 Å². The lowest BCUT2D eigenvalue weighted by Crippen LogP contribution is -2.22. The normalized spacial score (nSPS) is 11.8. The maximum absolute atomic E-state index is 11.7. The molecule has 0 aliphatic heterocycles. The number of rotatable bonds is 6. The Bertz CT molecular complexity index is 913. The van der Waals surface area contributed by atoms with Crippen molar-refractivity contribution in [2.75, 3.05) is 6.61 Å². The molecular weight excluding hydrogens is 316 g/mol. The van der Waals surface area contributed by atoms with Gasteiger partial charge in [-0.15, -0.1) is 0 Å². The first-order valence-corrected chi connectivity index (χ1v) is 7.84. The van der Waals surface area contributed by atoms with E-state index >= 15 is 0 Å². The number of fused-ring (bicyclic) bond motifs is 1. The fraction of sp³-hybridized carbons (Fsp3) is 0.105. The van der Waals surface area contributed by atoms with Crippen molar-refractivity contribution in [1.29, 1.82) is 0 Å². The van der Waals surface area contributed by atoms with Crippen molar-refractivity contribution in [3.05, 3.63) is 71.9 Å². The summed E-state index contributed by atoms with van der Waals surface area (Å²) >= 11 is 0. The number of hydrazone groups is 1. The molecular formula is C19H18N4O2. The summed E-state index contributed by atoms with van der Waals surface area (Å²) in [5.74, 6) is -0.374. The van der Waals surface area contributed by atoms with Crippen LogP contribution in [0.1, 0.15) is 18.1 Å². The predicted octanol–water partition coefficient (Wildman–Crippen LogP) is 3.06. The van der Waals surface area contributed by atoms with E-state index in [0.29, 0.717) is 5.71 Å². The van der Waals surface area contributed by atoms with Crippen molar-refractivity contribution in [2.24, 2.45) is 10.3 Å². The Morgan fingerprint density at radius 3 is 2.76 bits per heavy atom. The van der Waals surface area contributed by atoms with Crippen molar-refractivity contribution < 1.29 is 9.63 Å². The molecule has 1 heterocycles. The number of benzene rings is 2. The van der Waals surface area contributed by atoms with Crippen molar-refractivity contribution in [3.8, 4) is 0 Å². The lowest BCUT2D eigenvalue weighted by molar-refractivity contribution is -0.125. The van der Waals surface area contributed by atoms with Crippen LogP contribution >= 0.6 is 0 Å². The van der Waals surface area contributed by atoms with Gasteiger partial charge in [-0.25, -0.2) is 5.43 Å². The third-order valence-electron chi connectivity index (χ3n) is 3.60. The summed E-state index contributed by atoms with van der Waals surface area (Å²) in [6, 6.07) is 17.5. The van der Waals surface area contributed by atoms with Gasteiger partial charge in [-0.3, -0.25) is 4.79 Å². The molecule has 25 heavy (non-hydrogen) atoms. The molecule has 0 saturated carbocycles. The molecule has 1 aromatic heterocycles. The number of oxime groups is 1. The van der Waals surface area contributed by atoms with Crippen LogP contribution in [-0.4, -0.2) is 29.4 Å². The first kappa shape index (κ1) is 16.4. The van der Waals surface area contributed by atoms with E-state index in [9.17, 15) is 4.79 Å². The SMILES string of the molecule is CC(=NOCC(=O)NN=Cc1c[nH]c2ccccc12)c1ccccc1. The Morgan fingerprint density at radius 2 is 1.92 bits per heavy atom. The summed E-state index contributed by atoms with van der Waals surface area (Å²) in [6.07, 6.45) is 3.43. The Morgan fingerprint density at radius 1 is 1.16 bits per heavy atom. The number of H-pyrrole nitrogens is 1. The van der Waals surface area contributed by atoms with Crippen LogP contribution in [-0.2, 0) is 9.63 Å². The van der Waals surface area contributed by atoms with Gasteiger partial charge < -0.3 is 9.82 Å². The number of hydrogen-bond donors (Lipinski definition) is 2. The lowest BCUT2D eigenvalue weighted by Gasteiger charge is -2.01. The Labute approximate surface area is 145 Å². The molecule has 0 spiro atoms. The lowest BCUT2D eigenvalue weighted by atomic mass is 10.1. The Kier molecular flexibility index (Phi) is 5.21. The summed E-state index contributed by atoms with van der Waals surface area (Å²) in [7, 11) is 0. The molecule has 0 aliphatic carbocycles. The molecule has 1 amide bonds. The molecule has 0 unspecified atom stereocenters. The second-order valence-electron chi connectivity index (χ2n) is 5.40. The van der Waals surface area contributed by atoms with Crippen LogP contribution in [0.4, 0.5) is 0 Å².